The highest BCUT2D eigenvalue weighted by molar-refractivity contribution is 7.89. The van der Waals surface area contributed by atoms with E-state index in [-0.39, 0.29) is 28.7 Å². The van der Waals surface area contributed by atoms with Gasteiger partial charge in [0.15, 0.2) is 0 Å². The molecule has 1 fully saturated rings. The number of benzene rings is 3. The molecule has 1 heterocycles. The van der Waals surface area contributed by atoms with Gasteiger partial charge in [-0.1, -0.05) is 61.5 Å². The van der Waals surface area contributed by atoms with Gasteiger partial charge in [0.2, 0.25) is 15.9 Å². The van der Waals surface area contributed by atoms with Gasteiger partial charge in [0.1, 0.15) is 0 Å². The van der Waals surface area contributed by atoms with Gasteiger partial charge in [-0.15, -0.1) is 0 Å². The third-order valence-electron chi connectivity index (χ3n) is 8.33. The van der Waals surface area contributed by atoms with Crippen LogP contribution in [-0.4, -0.2) is 19.3 Å². The lowest BCUT2D eigenvalue weighted by Crippen LogP contribution is -2.33. The lowest BCUT2D eigenvalue weighted by molar-refractivity contribution is -0.120. The fraction of sp³-hybridized carbons (Fsp3) is 0.294. The number of carbonyl (C=O) groups is 1. The first-order valence-corrected chi connectivity index (χ1v) is 15.8. The number of hydrogen-bond acceptors (Lipinski definition) is 4. The molecule has 0 aliphatic heterocycles. The largest absolute Gasteiger partial charge is 0.306 e. The van der Waals surface area contributed by atoms with Crippen LogP contribution in [0, 0.1) is 12.8 Å². The van der Waals surface area contributed by atoms with Crippen LogP contribution in [0.4, 0.5) is 5.69 Å². The molecule has 1 unspecified atom stereocenters. The summed E-state index contributed by atoms with van der Waals surface area (Å²) >= 11 is 0. The molecule has 1 aromatic heterocycles. The quantitative estimate of drug-likeness (QED) is 0.260. The van der Waals surface area contributed by atoms with Crippen LogP contribution in [0.2, 0.25) is 0 Å². The highest BCUT2D eigenvalue weighted by Crippen LogP contribution is 2.49. The van der Waals surface area contributed by atoms with Crippen LogP contribution in [-0.2, 0) is 34.2 Å². The number of nitrogens with zero attached hydrogens (tertiary/aromatic N) is 2. The van der Waals surface area contributed by atoms with Crippen molar-refractivity contribution in [2.45, 2.75) is 62.9 Å². The Balaban J connectivity index is 1.29. The minimum Gasteiger partial charge on any atom is -0.306 e. The third-order valence-corrected chi connectivity index (χ3v) is 9.81. The van der Waals surface area contributed by atoms with Crippen molar-refractivity contribution in [3.63, 3.8) is 0 Å². The van der Waals surface area contributed by atoms with E-state index in [0.717, 1.165) is 53.0 Å². The summed E-state index contributed by atoms with van der Waals surface area (Å²) in [5.74, 6) is 0.203. The number of anilines is 1. The predicted octanol–water partition coefficient (Wildman–Crippen LogP) is 6.26. The fourth-order valence-corrected chi connectivity index (χ4v) is 7.17. The number of rotatable bonds is 9. The Morgan fingerprint density at radius 3 is 2.49 bits per heavy atom. The second-order valence-corrected chi connectivity index (χ2v) is 12.9. The van der Waals surface area contributed by atoms with Crippen molar-refractivity contribution in [3.8, 4) is 0 Å². The first-order chi connectivity index (χ1) is 19.8. The Hall–Kier alpha value is -3.81. The minimum absolute atomic E-state index is 0.0771. The number of carbonyl (C=O) groups excluding carboxylic acids is 1. The molecule has 3 atom stereocenters. The Morgan fingerprint density at radius 1 is 0.976 bits per heavy atom. The molecule has 1 amide bonds. The maximum atomic E-state index is 14.0. The number of aromatic nitrogens is 1. The van der Waals surface area contributed by atoms with E-state index < -0.39 is 10.0 Å². The average molecular weight is 566 g/mol. The molecule has 4 aromatic rings. The van der Waals surface area contributed by atoms with E-state index in [0.29, 0.717) is 13.0 Å². The molecule has 0 saturated heterocycles. The van der Waals surface area contributed by atoms with Crippen LogP contribution < -0.4 is 9.62 Å². The van der Waals surface area contributed by atoms with Gasteiger partial charge in [0.25, 0.3) is 0 Å². The number of hydrogen-bond donors (Lipinski definition) is 1. The monoisotopic (exact) mass is 565 g/mol. The van der Waals surface area contributed by atoms with Crippen molar-refractivity contribution in [2.24, 2.45) is 5.92 Å². The lowest BCUT2D eigenvalue weighted by Gasteiger charge is -2.25. The van der Waals surface area contributed by atoms with Gasteiger partial charge in [-0.3, -0.25) is 9.78 Å². The zero-order valence-corrected chi connectivity index (χ0v) is 24.3. The zero-order valence-electron chi connectivity index (χ0n) is 23.5. The van der Waals surface area contributed by atoms with Gasteiger partial charge >= 0.3 is 0 Å². The second-order valence-electron chi connectivity index (χ2n) is 11.1. The molecule has 0 spiro atoms. The molecule has 1 saturated carbocycles. The molecule has 1 N–H and O–H groups in total. The van der Waals surface area contributed by atoms with Crippen molar-refractivity contribution < 1.29 is 13.2 Å². The molecule has 6 rings (SSSR count). The molecule has 6 nitrogen and oxygen atoms in total. The van der Waals surface area contributed by atoms with Crippen molar-refractivity contribution in [2.75, 3.05) is 4.90 Å². The molecule has 0 bridgehead atoms. The summed E-state index contributed by atoms with van der Waals surface area (Å²) in [7, 11) is -3.70. The number of sulfonamides is 1. The van der Waals surface area contributed by atoms with E-state index in [4.69, 9.17) is 0 Å². The molecule has 0 radical (unpaired) electrons. The average Bonchev–Trinajstić information content (AvgIpc) is 3.71. The summed E-state index contributed by atoms with van der Waals surface area (Å²) in [6, 6.07) is 28.8. The number of pyridine rings is 1. The summed E-state index contributed by atoms with van der Waals surface area (Å²) in [4.78, 5) is 20.8. The first-order valence-electron chi connectivity index (χ1n) is 14.4. The van der Waals surface area contributed by atoms with Gasteiger partial charge in [0.05, 0.1) is 17.1 Å². The van der Waals surface area contributed by atoms with E-state index >= 15 is 0 Å². The topological polar surface area (TPSA) is 79.4 Å². The molecule has 2 aliphatic carbocycles. The Morgan fingerprint density at radius 2 is 1.76 bits per heavy atom. The van der Waals surface area contributed by atoms with Crippen LogP contribution in [0.3, 0.4) is 0 Å². The van der Waals surface area contributed by atoms with Crippen molar-refractivity contribution in [3.05, 3.63) is 125 Å². The van der Waals surface area contributed by atoms with Gasteiger partial charge in [-0.05, 0) is 97.2 Å². The summed E-state index contributed by atoms with van der Waals surface area (Å²) in [6.07, 6.45) is 3.14. The van der Waals surface area contributed by atoms with Crippen LogP contribution in [0.25, 0.3) is 0 Å². The summed E-state index contributed by atoms with van der Waals surface area (Å²) in [5.41, 5.74) is 6.82. The summed E-state index contributed by atoms with van der Waals surface area (Å²) < 4.78 is 29.5. The lowest BCUT2D eigenvalue weighted by atomic mass is 10.1. The Bertz CT molecular complexity index is 1670. The number of nitrogens with one attached hydrogen (secondary N) is 1. The van der Waals surface area contributed by atoms with Crippen molar-refractivity contribution in [1.29, 1.82) is 0 Å². The smallest absolute Gasteiger partial charge is 0.241 e. The molecule has 2 aliphatic rings. The van der Waals surface area contributed by atoms with Crippen LogP contribution >= 0.6 is 0 Å². The summed E-state index contributed by atoms with van der Waals surface area (Å²) in [5, 5.41) is 0. The predicted molar refractivity (Wildman–Crippen MR) is 161 cm³/mol. The highest BCUT2D eigenvalue weighted by atomic mass is 32.2. The molecule has 7 heteroatoms. The maximum absolute atomic E-state index is 14.0. The van der Waals surface area contributed by atoms with Gasteiger partial charge < -0.3 is 4.90 Å². The van der Waals surface area contributed by atoms with E-state index in [2.05, 4.69) is 21.8 Å². The van der Waals surface area contributed by atoms with Gasteiger partial charge in [-0.25, -0.2) is 13.1 Å². The van der Waals surface area contributed by atoms with E-state index in [9.17, 15) is 13.2 Å². The van der Waals surface area contributed by atoms with Gasteiger partial charge in [0, 0.05) is 23.3 Å². The normalized spacial score (nSPS) is 19.5. The zero-order chi connectivity index (χ0) is 28.6. The Kier molecular flexibility index (Phi) is 7.49. The van der Waals surface area contributed by atoms with Crippen LogP contribution in [0.1, 0.15) is 65.4 Å². The van der Waals surface area contributed by atoms with Crippen LogP contribution in [0.15, 0.2) is 95.9 Å². The minimum atomic E-state index is -3.70. The van der Waals surface area contributed by atoms with Crippen LogP contribution in [0.5, 0.6) is 0 Å². The molecule has 3 aromatic carbocycles. The SMILES string of the molecule is CCc1ccc(S(=O)(=O)NC2CCc3ccc(N(Cc4cccc(C)n4)C(=O)[C@H]4C[C@@H]4c4ccccc4)cc32)cc1. The number of fused-ring (bicyclic) bond motifs is 1. The fourth-order valence-electron chi connectivity index (χ4n) is 5.92. The maximum Gasteiger partial charge on any atom is 0.241 e. The standard InChI is InChI=1S/C34H35N3O3S/c1-3-24-12-17-29(18-13-24)41(39,40)36-33-19-15-26-14-16-28(20-31(26)33)37(22-27-11-7-8-23(2)35-27)34(38)32-21-30(32)25-9-5-4-6-10-25/h4-14,16-18,20,30,32-33,36H,3,15,19,21-22H2,1-2H3/t30-,32+,33?/m1/s1. The number of amides is 1. The third kappa shape index (κ3) is 5.83. The Labute approximate surface area is 242 Å². The molecular weight excluding hydrogens is 530 g/mol. The first kappa shape index (κ1) is 27.4. The molecule has 41 heavy (non-hydrogen) atoms. The molecule has 210 valence electrons. The molecular formula is C34H35N3O3S. The van der Waals surface area contributed by atoms with Gasteiger partial charge in [-0.2, -0.15) is 0 Å². The van der Waals surface area contributed by atoms with E-state index in [1.165, 1.54) is 5.56 Å². The summed E-state index contributed by atoms with van der Waals surface area (Å²) in [6.45, 7) is 4.35. The second kappa shape index (κ2) is 11.2. The van der Waals surface area contributed by atoms with E-state index in [1.54, 1.807) is 12.1 Å². The number of aryl methyl sites for hydroxylation is 3. The van der Waals surface area contributed by atoms with Crippen molar-refractivity contribution >= 4 is 21.6 Å². The van der Waals surface area contributed by atoms with E-state index in [1.807, 2.05) is 85.5 Å². The van der Waals surface area contributed by atoms with Crippen molar-refractivity contribution in [1.82, 2.24) is 9.71 Å². The highest BCUT2D eigenvalue weighted by Gasteiger charge is 2.46.